The number of rotatable bonds is 4. The van der Waals surface area contributed by atoms with Crippen molar-refractivity contribution in [3.63, 3.8) is 0 Å². The van der Waals surface area contributed by atoms with E-state index in [1.807, 2.05) is 0 Å². The maximum absolute atomic E-state index is 12.8. The highest BCUT2D eigenvalue weighted by molar-refractivity contribution is 5.84. The Balaban J connectivity index is 1.51. The number of halogens is 4. The number of carbonyl (C=O) groups is 1. The number of alkyl halides is 3. The molecular weight excluding hydrogens is 378 g/mol. The lowest BCUT2D eigenvalue weighted by Crippen LogP contribution is -2.33. The summed E-state index contributed by atoms with van der Waals surface area (Å²) in [6.45, 7) is 0.829. The first-order chi connectivity index (χ1) is 13.3. The molecule has 9 heteroatoms. The van der Waals surface area contributed by atoms with Crippen molar-refractivity contribution in [3.05, 3.63) is 71.7 Å². The second-order valence-electron chi connectivity index (χ2n) is 6.10. The maximum Gasteiger partial charge on any atom is 0.435 e. The summed E-state index contributed by atoms with van der Waals surface area (Å²) in [7, 11) is 0. The van der Waals surface area contributed by atoms with E-state index in [9.17, 15) is 22.4 Å². The Hall–Kier alpha value is -3.23. The topological polar surface area (TPSA) is 53.6 Å². The van der Waals surface area contributed by atoms with Crippen molar-refractivity contribution in [3.8, 4) is 0 Å². The molecule has 1 aliphatic heterocycles. The van der Waals surface area contributed by atoms with Gasteiger partial charge in [-0.25, -0.2) is 14.7 Å². The zero-order valence-electron chi connectivity index (χ0n) is 14.6. The Labute approximate surface area is 158 Å². The molecule has 0 bridgehead atoms. The smallest absolute Gasteiger partial charge is 0.367 e. The molecule has 1 heterocycles. The highest BCUT2D eigenvalue weighted by Crippen LogP contribution is 2.32. The molecule has 0 unspecified atom stereocenters. The zero-order chi connectivity index (χ0) is 20.1. The highest BCUT2D eigenvalue weighted by atomic mass is 19.4. The molecule has 0 radical (unpaired) electrons. The van der Waals surface area contributed by atoms with E-state index in [2.05, 4.69) is 10.8 Å². The average molecular weight is 395 g/mol. The SMILES string of the molecule is O=C(Nc1ccc(F)cc1)ONC1=CCN(c2cccc(C(F)(F)F)c2)CC1. The summed E-state index contributed by atoms with van der Waals surface area (Å²) in [5.74, 6) is -0.422. The molecule has 0 saturated carbocycles. The normalized spacial score (nSPS) is 14.3. The van der Waals surface area contributed by atoms with Crippen molar-refractivity contribution >= 4 is 17.5 Å². The molecule has 2 aromatic carbocycles. The number of nitrogens with zero attached hydrogens (tertiary/aromatic N) is 1. The van der Waals surface area contributed by atoms with Gasteiger partial charge in [0.1, 0.15) is 5.82 Å². The number of hydrogen-bond donors (Lipinski definition) is 2. The van der Waals surface area contributed by atoms with Crippen LogP contribution in [0.2, 0.25) is 0 Å². The Morgan fingerprint density at radius 2 is 1.86 bits per heavy atom. The van der Waals surface area contributed by atoms with Crippen LogP contribution in [0.4, 0.5) is 33.7 Å². The van der Waals surface area contributed by atoms with Crippen LogP contribution in [0.1, 0.15) is 12.0 Å². The third-order valence-corrected chi connectivity index (χ3v) is 4.11. The molecule has 0 spiro atoms. The van der Waals surface area contributed by atoms with Gasteiger partial charge in [0.2, 0.25) is 0 Å². The predicted molar refractivity (Wildman–Crippen MR) is 96.0 cm³/mol. The maximum atomic E-state index is 12.8. The van der Waals surface area contributed by atoms with Crippen LogP contribution in [-0.4, -0.2) is 19.2 Å². The van der Waals surface area contributed by atoms with Crippen molar-refractivity contribution < 1.29 is 27.2 Å². The molecule has 5 nitrogen and oxygen atoms in total. The lowest BCUT2D eigenvalue weighted by atomic mass is 10.1. The molecule has 28 heavy (non-hydrogen) atoms. The largest absolute Gasteiger partial charge is 0.435 e. The molecule has 148 valence electrons. The van der Waals surface area contributed by atoms with E-state index in [1.165, 1.54) is 30.3 Å². The van der Waals surface area contributed by atoms with E-state index in [-0.39, 0.29) is 0 Å². The van der Waals surface area contributed by atoms with Crippen LogP contribution >= 0.6 is 0 Å². The highest BCUT2D eigenvalue weighted by Gasteiger charge is 2.30. The molecule has 1 amide bonds. The first-order valence-corrected chi connectivity index (χ1v) is 8.42. The van der Waals surface area contributed by atoms with Crippen LogP contribution in [0, 0.1) is 5.82 Å². The van der Waals surface area contributed by atoms with Crippen molar-refractivity contribution in [1.29, 1.82) is 0 Å². The molecule has 3 rings (SSSR count). The van der Waals surface area contributed by atoms with Crippen molar-refractivity contribution in [1.82, 2.24) is 5.48 Å². The van der Waals surface area contributed by atoms with E-state index in [1.54, 1.807) is 17.0 Å². The summed E-state index contributed by atoms with van der Waals surface area (Å²) in [6, 6.07) is 10.3. The Kier molecular flexibility index (Phi) is 5.72. The van der Waals surface area contributed by atoms with Crippen LogP contribution in [0.25, 0.3) is 0 Å². The molecule has 0 fully saturated rings. The van der Waals surface area contributed by atoms with Gasteiger partial charge < -0.3 is 9.74 Å². The van der Waals surface area contributed by atoms with Crippen molar-refractivity contribution in [2.45, 2.75) is 12.6 Å². The summed E-state index contributed by atoms with van der Waals surface area (Å²) >= 11 is 0. The number of benzene rings is 2. The fraction of sp³-hybridized carbons (Fsp3) is 0.211. The third kappa shape index (κ3) is 5.15. The van der Waals surface area contributed by atoms with E-state index in [0.717, 1.165) is 12.1 Å². The van der Waals surface area contributed by atoms with Gasteiger partial charge in [-0.3, -0.25) is 5.32 Å². The predicted octanol–water partition coefficient (Wildman–Crippen LogP) is 4.69. The molecule has 0 aromatic heterocycles. The summed E-state index contributed by atoms with van der Waals surface area (Å²) < 4.78 is 51.3. The third-order valence-electron chi connectivity index (χ3n) is 4.11. The van der Waals surface area contributed by atoms with Gasteiger partial charge >= 0.3 is 12.3 Å². The molecule has 0 atom stereocenters. The summed E-state index contributed by atoms with van der Waals surface area (Å²) in [6.07, 6.45) is -2.97. The molecule has 2 aromatic rings. The molecule has 0 saturated heterocycles. The van der Waals surface area contributed by atoms with Gasteiger partial charge in [0.25, 0.3) is 0 Å². The first kappa shape index (κ1) is 19.5. The van der Waals surface area contributed by atoms with Gasteiger partial charge in [0, 0.05) is 36.6 Å². The van der Waals surface area contributed by atoms with Gasteiger partial charge in [0.05, 0.1) is 5.56 Å². The van der Waals surface area contributed by atoms with Gasteiger partial charge in [-0.05, 0) is 48.5 Å². The Bertz CT molecular complexity index is 866. The number of nitrogens with one attached hydrogen (secondary N) is 2. The fourth-order valence-electron chi connectivity index (χ4n) is 2.66. The molecule has 0 aliphatic carbocycles. The standard InChI is InChI=1S/C19H17F4N3O2/c20-14-4-6-15(7-5-14)24-18(27)28-25-16-8-10-26(11-9-16)17-3-1-2-13(12-17)19(21,22)23/h1-8,12,25H,9-11H2,(H,24,27). The van der Waals surface area contributed by atoms with Crippen LogP contribution in [0.15, 0.2) is 60.3 Å². The van der Waals surface area contributed by atoms with Crippen LogP contribution < -0.4 is 15.7 Å². The Morgan fingerprint density at radius 3 is 2.50 bits per heavy atom. The van der Waals surface area contributed by atoms with E-state index in [4.69, 9.17) is 4.84 Å². The monoisotopic (exact) mass is 395 g/mol. The van der Waals surface area contributed by atoms with Gasteiger partial charge in [-0.15, -0.1) is 0 Å². The number of amides is 1. The summed E-state index contributed by atoms with van der Waals surface area (Å²) in [5.41, 5.74) is 3.32. The minimum atomic E-state index is -4.39. The van der Waals surface area contributed by atoms with Crippen LogP contribution in [-0.2, 0) is 11.0 Å². The van der Waals surface area contributed by atoms with Gasteiger partial charge in [-0.1, -0.05) is 6.07 Å². The average Bonchev–Trinajstić information content (AvgIpc) is 2.68. The van der Waals surface area contributed by atoms with E-state index < -0.39 is 23.7 Å². The van der Waals surface area contributed by atoms with Gasteiger partial charge in [0.15, 0.2) is 0 Å². The molecular formula is C19H17F4N3O2. The molecule has 1 aliphatic rings. The van der Waals surface area contributed by atoms with Crippen molar-refractivity contribution in [2.75, 3.05) is 23.3 Å². The lowest BCUT2D eigenvalue weighted by Gasteiger charge is -2.28. The van der Waals surface area contributed by atoms with E-state index >= 15 is 0 Å². The zero-order valence-corrected chi connectivity index (χ0v) is 14.6. The number of anilines is 2. The lowest BCUT2D eigenvalue weighted by molar-refractivity contribution is -0.137. The number of carbonyl (C=O) groups excluding carboxylic acids is 1. The first-order valence-electron chi connectivity index (χ1n) is 8.42. The van der Waals surface area contributed by atoms with Crippen molar-refractivity contribution in [2.24, 2.45) is 0 Å². The second-order valence-corrected chi connectivity index (χ2v) is 6.10. The van der Waals surface area contributed by atoms with Crippen LogP contribution in [0.5, 0.6) is 0 Å². The van der Waals surface area contributed by atoms with Gasteiger partial charge in [-0.2, -0.15) is 13.2 Å². The Morgan fingerprint density at radius 1 is 1.11 bits per heavy atom. The number of hydrogen-bond acceptors (Lipinski definition) is 4. The fourth-order valence-corrected chi connectivity index (χ4v) is 2.66. The minimum Gasteiger partial charge on any atom is -0.367 e. The molecule has 2 N–H and O–H groups in total. The quantitative estimate of drug-likeness (QED) is 0.583. The minimum absolute atomic E-state index is 0.368. The second kappa shape index (κ2) is 8.20. The summed E-state index contributed by atoms with van der Waals surface area (Å²) in [4.78, 5) is 18.4. The summed E-state index contributed by atoms with van der Waals surface area (Å²) in [5, 5.41) is 2.43. The van der Waals surface area contributed by atoms with Crippen LogP contribution in [0.3, 0.4) is 0 Å². The number of hydroxylamine groups is 1. The van der Waals surface area contributed by atoms with E-state index in [0.29, 0.717) is 36.6 Å².